The predicted molar refractivity (Wildman–Crippen MR) is 113 cm³/mol. The summed E-state index contributed by atoms with van der Waals surface area (Å²) in [6.07, 6.45) is 1.49. The molecule has 0 bridgehead atoms. The first kappa shape index (κ1) is 20.3. The summed E-state index contributed by atoms with van der Waals surface area (Å²) in [6.45, 7) is 0.226. The van der Waals surface area contributed by atoms with Crippen LogP contribution in [0.1, 0.15) is 5.56 Å². The molecule has 2 aromatic carbocycles. The molecule has 5 nitrogen and oxygen atoms in total. The highest BCUT2D eigenvalue weighted by Crippen LogP contribution is 2.37. The number of halogens is 3. The number of hydrogen-bond acceptors (Lipinski definition) is 5. The van der Waals surface area contributed by atoms with Crippen LogP contribution in [0, 0.1) is 0 Å². The number of imide groups is 1. The number of carbonyl (C=O) groups excluding carboxylic acids is 2. The van der Waals surface area contributed by atoms with E-state index in [1.807, 2.05) is 0 Å². The second kappa shape index (κ2) is 8.68. The molecule has 1 saturated heterocycles. The van der Waals surface area contributed by atoms with Crippen molar-refractivity contribution in [1.82, 2.24) is 4.90 Å². The maximum atomic E-state index is 12.5. The highest BCUT2D eigenvalue weighted by molar-refractivity contribution is 9.11. The number of amides is 2. The highest BCUT2D eigenvalue weighted by atomic mass is 79.9. The number of thioether (sulfide) groups is 1. The fraction of sp³-hybridized carbons (Fsp3) is 0.111. The Kier molecular flexibility index (Phi) is 6.52. The van der Waals surface area contributed by atoms with Crippen LogP contribution in [0.4, 0.5) is 4.79 Å². The average Bonchev–Trinajstić information content (AvgIpc) is 2.88. The van der Waals surface area contributed by atoms with Gasteiger partial charge in [-0.1, -0.05) is 39.7 Å². The molecule has 0 unspecified atom stereocenters. The molecule has 0 saturated carbocycles. The van der Waals surface area contributed by atoms with Gasteiger partial charge in [0.25, 0.3) is 11.1 Å². The molecule has 0 spiro atoms. The van der Waals surface area contributed by atoms with Crippen LogP contribution in [0.2, 0.25) is 5.02 Å². The summed E-state index contributed by atoms with van der Waals surface area (Å²) < 4.78 is 6.75. The second-order valence-electron chi connectivity index (χ2n) is 5.44. The maximum Gasteiger partial charge on any atom is 0.293 e. The Balaban J connectivity index is 1.71. The maximum absolute atomic E-state index is 12.5. The molecule has 3 rings (SSSR count). The standard InChI is InChI=1S/C18H12Br2ClNO4S/c19-11-7-10(16(23)12(20)9-11)8-15-17(24)22(18(25)27-15)5-6-26-14-4-2-1-3-13(14)21/h1-4,7-9,23H,5-6H2/b15-8-. The molecule has 1 N–H and O–H groups in total. The number of aromatic hydroxyl groups is 1. The Morgan fingerprint density at radius 3 is 2.70 bits per heavy atom. The Morgan fingerprint density at radius 2 is 1.96 bits per heavy atom. The van der Waals surface area contributed by atoms with Gasteiger partial charge in [-0.25, -0.2) is 0 Å². The number of ether oxygens (including phenoxy) is 1. The third-order valence-electron chi connectivity index (χ3n) is 3.63. The van der Waals surface area contributed by atoms with Gasteiger partial charge in [-0.15, -0.1) is 0 Å². The SMILES string of the molecule is O=C1S/C(=C\c2cc(Br)cc(Br)c2O)C(=O)N1CCOc1ccccc1Cl. The molecule has 140 valence electrons. The van der Waals surface area contributed by atoms with Crippen molar-refractivity contribution < 1.29 is 19.4 Å². The minimum absolute atomic E-state index is 0.00736. The van der Waals surface area contributed by atoms with Crippen LogP contribution in [0.3, 0.4) is 0 Å². The predicted octanol–water partition coefficient (Wildman–Crippen LogP) is 5.69. The zero-order valence-corrected chi connectivity index (χ0v) is 18.4. The molecule has 9 heteroatoms. The van der Waals surface area contributed by atoms with Gasteiger partial charge >= 0.3 is 0 Å². The fourth-order valence-corrected chi connectivity index (χ4v) is 4.64. The summed E-state index contributed by atoms with van der Waals surface area (Å²) >= 11 is 13.4. The summed E-state index contributed by atoms with van der Waals surface area (Å²) in [6, 6.07) is 10.3. The zero-order chi connectivity index (χ0) is 19.6. The number of rotatable bonds is 5. The Morgan fingerprint density at radius 1 is 1.22 bits per heavy atom. The number of para-hydroxylation sites is 1. The van der Waals surface area contributed by atoms with E-state index in [1.165, 1.54) is 6.08 Å². The zero-order valence-electron chi connectivity index (χ0n) is 13.6. The molecule has 1 fully saturated rings. The first-order valence-electron chi connectivity index (χ1n) is 7.67. The van der Waals surface area contributed by atoms with Gasteiger partial charge in [0, 0.05) is 10.0 Å². The van der Waals surface area contributed by atoms with Crippen LogP contribution in [0.5, 0.6) is 11.5 Å². The van der Waals surface area contributed by atoms with E-state index in [-0.39, 0.29) is 29.0 Å². The van der Waals surface area contributed by atoms with Crippen molar-refractivity contribution in [3.8, 4) is 11.5 Å². The van der Waals surface area contributed by atoms with Crippen molar-refractivity contribution in [3.05, 3.63) is 60.8 Å². The van der Waals surface area contributed by atoms with E-state index in [0.29, 0.717) is 20.8 Å². The van der Waals surface area contributed by atoms with Crippen molar-refractivity contribution in [1.29, 1.82) is 0 Å². The third kappa shape index (κ3) is 4.68. The lowest BCUT2D eigenvalue weighted by atomic mass is 10.2. The van der Waals surface area contributed by atoms with Crippen LogP contribution in [0.25, 0.3) is 6.08 Å². The molecule has 0 atom stereocenters. The largest absolute Gasteiger partial charge is 0.506 e. The molecule has 2 aromatic rings. The monoisotopic (exact) mass is 531 g/mol. The third-order valence-corrected chi connectivity index (χ3v) is 5.91. The van der Waals surface area contributed by atoms with Crippen LogP contribution >= 0.6 is 55.2 Å². The molecule has 2 amide bonds. The molecular weight excluding hydrogens is 522 g/mol. The molecule has 0 radical (unpaired) electrons. The Hall–Kier alpha value is -1.48. The minimum atomic E-state index is -0.428. The number of benzene rings is 2. The lowest BCUT2D eigenvalue weighted by Gasteiger charge is -2.13. The summed E-state index contributed by atoms with van der Waals surface area (Å²) in [4.78, 5) is 26.1. The fourth-order valence-electron chi connectivity index (χ4n) is 2.34. The van der Waals surface area contributed by atoms with Crippen molar-refractivity contribution in [2.24, 2.45) is 0 Å². The summed E-state index contributed by atoms with van der Waals surface area (Å²) in [7, 11) is 0. The first-order valence-corrected chi connectivity index (χ1v) is 10.5. The molecule has 0 aromatic heterocycles. The van der Waals surface area contributed by atoms with Gasteiger partial charge in [0.2, 0.25) is 0 Å². The summed E-state index contributed by atoms with van der Waals surface area (Å²) in [5.41, 5.74) is 0.425. The lowest BCUT2D eigenvalue weighted by Crippen LogP contribution is -2.32. The number of phenolic OH excluding ortho intramolecular Hbond substituents is 1. The Bertz CT molecular complexity index is 951. The number of carbonyl (C=O) groups is 2. The molecule has 1 heterocycles. The number of hydrogen-bond donors (Lipinski definition) is 1. The molecule has 1 aliphatic heterocycles. The molecule has 0 aliphatic carbocycles. The normalized spacial score (nSPS) is 15.7. The van der Waals surface area contributed by atoms with E-state index in [0.717, 1.165) is 21.1 Å². The quantitative estimate of drug-likeness (QED) is 0.501. The van der Waals surface area contributed by atoms with Crippen molar-refractivity contribution in [2.75, 3.05) is 13.2 Å². The summed E-state index contributed by atoms with van der Waals surface area (Å²) in [5.74, 6) is 0.0564. The van der Waals surface area contributed by atoms with Gasteiger partial charge in [0.1, 0.15) is 18.1 Å². The van der Waals surface area contributed by atoms with Crippen LogP contribution in [0.15, 0.2) is 50.2 Å². The van der Waals surface area contributed by atoms with Crippen molar-refractivity contribution >= 4 is 72.4 Å². The number of phenols is 1. The van der Waals surface area contributed by atoms with E-state index < -0.39 is 5.91 Å². The Labute approximate surface area is 181 Å². The van der Waals surface area contributed by atoms with E-state index >= 15 is 0 Å². The minimum Gasteiger partial charge on any atom is -0.506 e. The van der Waals surface area contributed by atoms with E-state index in [2.05, 4.69) is 31.9 Å². The summed E-state index contributed by atoms with van der Waals surface area (Å²) in [5, 5.41) is 10.2. The van der Waals surface area contributed by atoms with Crippen LogP contribution in [-0.2, 0) is 4.79 Å². The molecule has 27 heavy (non-hydrogen) atoms. The van der Waals surface area contributed by atoms with Gasteiger partial charge < -0.3 is 9.84 Å². The van der Waals surface area contributed by atoms with Crippen LogP contribution < -0.4 is 4.74 Å². The van der Waals surface area contributed by atoms with E-state index in [9.17, 15) is 14.7 Å². The molecule has 1 aliphatic rings. The van der Waals surface area contributed by atoms with Crippen molar-refractivity contribution in [3.63, 3.8) is 0 Å². The highest BCUT2D eigenvalue weighted by Gasteiger charge is 2.35. The van der Waals surface area contributed by atoms with Gasteiger partial charge in [-0.3, -0.25) is 14.5 Å². The average molecular weight is 534 g/mol. The van der Waals surface area contributed by atoms with Gasteiger partial charge in [0.15, 0.2) is 0 Å². The van der Waals surface area contributed by atoms with Gasteiger partial charge in [-0.2, -0.15) is 0 Å². The number of nitrogens with zero attached hydrogens (tertiary/aromatic N) is 1. The van der Waals surface area contributed by atoms with Crippen LogP contribution in [-0.4, -0.2) is 34.3 Å². The molecular formula is C18H12Br2ClNO4S. The van der Waals surface area contributed by atoms with Gasteiger partial charge in [0.05, 0.1) is 20.9 Å². The van der Waals surface area contributed by atoms with E-state index in [4.69, 9.17) is 16.3 Å². The second-order valence-corrected chi connectivity index (χ2v) is 8.61. The lowest BCUT2D eigenvalue weighted by molar-refractivity contribution is -0.123. The van der Waals surface area contributed by atoms with E-state index in [1.54, 1.807) is 36.4 Å². The van der Waals surface area contributed by atoms with Crippen molar-refractivity contribution in [2.45, 2.75) is 0 Å². The first-order chi connectivity index (χ1) is 12.9. The smallest absolute Gasteiger partial charge is 0.293 e. The topological polar surface area (TPSA) is 66.8 Å². The van der Waals surface area contributed by atoms with Gasteiger partial charge in [-0.05, 0) is 58.0 Å².